The Morgan fingerprint density at radius 3 is 2.52 bits per heavy atom. The molecule has 0 amide bonds. The number of hydrogen-bond donors (Lipinski definition) is 2. The van der Waals surface area contributed by atoms with Crippen LogP contribution in [0.2, 0.25) is 0 Å². The number of guanidine groups is 1. The van der Waals surface area contributed by atoms with E-state index in [9.17, 15) is 0 Å². The molecule has 2 N–H and O–H groups in total. The molecule has 25 heavy (non-hydrogen) atoms. The average molecular weight is 474 g/mol. The van der Waals surface area contributed by atoms with Crippen LogP contribution in [0.4, 0.5) is 0 Å². The number of benzene rings is 1. The third-order valence-corrected chi connectivity index (χ3v) is 4.71. The maximum absolute atomic E-state index is 5.65. The van der Waals surface area contributed by atoms with E-state index in [-0.39, 0.29) is 24.0 Å². The summed E-state index contributed by atoms with van der Waals surface area (Å²) in [6.07, 6.45) is 0.907. The van der Waals surface area contributed by atoms with E-state index in [2.05, 4.69) is 46.6 Å². The van der Waals surface area contributed by atoms with Gasteiger partial charge in [0.1, 0.15) is 0 Å². The molecule has 0 aliphatic carbocycles. The Morgan fingerprint density at radius 1 is 1.16 bits per heavy atom. The molecule has 0 aliphatic rings. The summed E-state index contributed by atoms with van der Waals surface area (Å²) in [6.45, 7) is 6.98. The zero-order valence-corrected chi connectivity index (χ0v) is 18.2. The van der Waals surface area contributed by atoms with Crippen LogP contribution in [0.5, 0.6) is 0 Å². The predicted octanol–water partition coefficient (Wildman–Crippen LogP) is 3.30. The van der Waals surface area contributed by atoms with Gasteiger partial charge in [-0.25, -0.2) is 4.98 Å². The van der Waals surface area contributed by atoms with Crippen molar-refractivity contribution in [3.05, 3.63) is 51.5 Å². The highest BCUT2D eigenvalue weighted by molar-refractivity contribution is 14.0. The number of aliphatic imine (C=N–C) groups is 1. The fourth-order valence-corrected chi connectivity index (χ4v) is 3.09. The molecule has 0 atom stereocenters. The Labute approximate surface area is 171 Å². The minimum atomic E-state index is 0. The topological polar surface area (TPSA) is 58.5 Å². The van der Waals surface area contributed by atoms with Crippen LogP contribution in [-0.2, 0) is 17.8 Å². The van der Waals surface area contributed by atoms with Gasteiger partial charge in [-0.3, -0.25) is 4.99 Å². The highest BCUT2D eigenvalue weighted by Gasteiger charge is 2.04. The van der Waals surface area contributed by atoms with Crippen LogP contribution < -0.4 is 10.6 Å². The van der Waals surface area contributed by atoms with E-state index in [0.717, 1.165) is 31.2 Å². The summed E-state index contributed by atoms with van der Waals surface area (Å²) in [5.41, 5.74) is 2.32. The van der Waals surface area contributed by atoms with Gasteiger partial charge in [-0.2, -0.15) is 0 Å². The van der Waals surface area contributed by atoms with E-state index in [1.165, 1.54) is 15.4 Å². The Morgan fingerprint density at radius 2 is 1.88 bits per heavy atom. The molecule has 2 aromatic rings. The van der Waals surface area contributed by atoms with Gasteiger partial charge in [-0.15, -0.1) is 35.3 Å². The monoisotopic (exact) mass is 474 g/mol. The van der Waals surface area contributed by atoms with Gasteiger partial charge < -0.3 is 15.4 Å². The molecular formula is C18H27IN4OS. The largest absolute Gasteiger partial charge is 0.375 e. The van der Waals surface area contributed by atoms with E-state index in [1.54, 1.807) is 18.4 Å². The molecule has 0 bridgehead atoms. The van der Waals surface area contributed by atoms with Gasteiger partial charge in [0.05, 0.1) is 23.9 Å². The third kappa shape index (κ3) is 8.15. The number of aromatic nitrogens is 1. The van der Waals surface area contributed by atoms with Crippen molar-refractivity contribution in [2.45, 2.75) is 26.9 Å². The summed E-state index contributed by atoms with van der Waals surface area (Å²) >= 11 is 1.76. The lowest BCUT2D eigenvalue weighted by atomic mass is 10.2. The van der Waals surface area contributed by atoms with E-state index >= 15 is 0 Å². The standard InChI is InChI=1S/C18H26N4OS.HI/c1-14-15(2)24-17(22-14)9-10-20-18(19-3)21-11-12-23-13-16-7-5-4-6-8-16;/h4-8H,9-13H2,1-3H3,(H2,19,20,21);1H. The van der Waals surface area contributed by atoms with Gasteiger partial charge in [0, 0.05) is 31.4 Å². The van der Waals surface area contributed by atoms with Crippen LogP contribution in [0.3, 0.4) is 0 Å². The van der Waals surface area contributed by atoms with Gasteiger partial charge >= 0.3 is 0 Å². The zero-order chi connectivity index (χ0) is 17.2. The summed E-state index contributed by atoms with van der Waals surface area (Å²) in [5, 5.41) is 7.73. The highest BCUT2D eigenvalue weighted by Crippen LogP contribution is 2.16. The van der Waals surface area contributed by atoms with Gasteiger partial charge in [0.2, 0.25) is 0 Å². The van der Waals surface area contributed by atoms with Crippen molar-refractivity contribution in [3.63, 3.8) is 0 Å². The van der Waals surface area contributed by atoms with Crippen molar-refractivity contribution >= 4 is 41.3 Å². The molecule has 0 unspecified atom stereocenters. The first kappa shape index (κ1) is 21.9. The van der Waals surface area contributed by atoms with Crippen molar-refractivity contribution in [1.29, 1.82) is 0 Å². The quantitative estimate of drug-likeness (QED) is 0.267. The molecule has 1 aromatic heterocycles. The number of aryl methyl sites for hydroxylation is 2. The number of halogens is 1. The van der Waals surface area contributed by atoms with E-state index < -0.39 is 0 Å². The van der Waals surface area contributed by atoms with Crippen molar-refractivity contribution in [1.82, 2.24) is 15.6 Å². The van der Waals surface area contributed by atoms with Gasteiger partial charge in [-0.05, 0) is 19.4 Å². The minimum Gasteiger partial charge on any atom is -0.375 e. The third-order valence-electron chi connectivity index (χ3n) is 3.58. The number of nitrogens with zero attached hydrogens (tertiary/aromatic N) is 2. The highest BCUT2D eigenvalue weighted by atomic mass is 127. The molecule has 0 radical (unpaired) electrons. The predicted molar refractivity (Wildman–Crippen MR) is 116 cm³/mol. The fraction of sp³-hybridized carbons (Fsp3) is 0.444. The van der Waals surface area contributed by atoms with Gasteiger partial charge in [0.15, 0.2) is 5.96 Å². The van der Waals surface area contributed by atoms with E-state index in [4.69, 9.17) is 4.74 Å². The lowest BCUT2D eigenvalue weighted by Gasteiger charge is -2.11. The molecular weight excluding hydrogens is 447 g/mol. The van der Waals surface area contributed by atoms with Crippen molar-refractivity contribution in [3.8, 4) is 0 Å². The van der Waals surface area contributed by atoms with Crippen LogP contribution in [0, 0.1) is 13.8 Å². The Bertz CT molecular complexity index is 626. The van der Waals surface area contributed by atoms with Crippen molar-refractivity contribution in [2.75, 3.05) is 26.7 Å². The van der Waals surface area contributed by atoms with Crippen LogP contribution in [-0.4, -0.2) is 37.7 Å². The molecule has 7 heteroatoms. The SMILES string of the molecule is CN=C(NCCOCc1ccccc1)NCCc1nc(C)c(C)s1.I. The summed E-state index contributed by atoms with van der Waals surface area (Å²) in [6, 6.07) is 10.2. The molecule has 1 aromatic carbocycles. The maximum Gasteiger partial charge on any atom is 0.191 e. The maximum atomic E-state index is 5.65. The number of rotatable bonds is 8. The average Bonchev–Trinajstić information content (AvgIpc) is 2.92. The Kier molecular flexibility index (Phi) is 10.7. The molecule has 1 heterocycles. The first-order valence-corrected chi connectivity index (χ1v) is 9.00. The summed E-state index contributed by atoms with van der Waals surface area (Å²) in [7, 11) is 1.78. The number of thiazole rings is 1. The summed E-state index contributed by atoms with van der Waals surface area (Å²) in [5.74, 6) is 0.795. The number of hydrogen-bond acceptors (Lipinski definition) is 4. The second-order valence-electron chi connectivity index (χ2n) is 5.46. The lowest BCUT2D eigenvalue weighted by Crippen LogP contribution is -2.39. The van der Waals surface area contributed by atoms with Gasteiger partial charge in [-0.1, -0.05) is 30.3 Å². The normalized spacial score (nSPS) is 11.1. The van der Waals surface area contributed by atoms with E-state index in [1.807, 2.05) is 18.2 Å². The van der Waals surface area contributed by atoms with Crippen molar-refractivity contribution < 1.29 is 4.74 Å². The Hall–Kier alpha value is -1.19. The van der Waals surface area contributed by atoms with Crippen LogP contribution in [0.15, 0.2) is 35.3 Å². The molecule has 0 fully saturated rings. The van der Waals surface area contributed by atoms with Crippen molar-refractivity contribution in [2.24, 2.45) is 4.99 Å². The number of ether oxygens (including phenoxy) is 1. The summed E-state index contributed by atoms with van der Waals surface area (Å²) < 4.78 is 5.65. The molecule has 5 nitrogen and oxygen atoms in total. The van der Waals surface area contributed by atoms with Gasteiger partial charge in [0.25, 0.3) is 0 Å². The first-order chi connectivity index (χ1) is 11.7. The molecule has 2 rings (SSSR count). The van der Waals surface area contributed by atoms with Crippen LogP contribution in [0.25, 0.3) is 0 Å². The van der Waals surface area contributed by atoms with E-state index in [0.29, 0.717) is 13.2 Å². The number of nitrogens with one attached hydrogen (secondary N) is 2. The Balaban J connectivity index is 0.00000312. The zero-order valence-electron chi connectivity index (χ0n) is 15.0. The second kappa shape index (κ2) is 12.2. The lowest BCUT2D eigenvalue weighted by molar-refractivity contribution is 0.125. The summed E-state index contributed by atoms with van der Waals surface area (Å²) in [4.78, 5) is 10.1. The fourth-order valence-electron chi connectivity index (χ4n) is 2.16. The smallest absolute Gasteiger partial charge is 0.191 e. The molecule has 138 valence electrons. The first-order valence-electron chi connectivity index (χ1n) is 8.18. The molecule has 0 saturated carbocycles. The van der Waals surface area contributed by atoms with Crippen LogP contribution >= 0.6 is 35.3 Å². The second-order valence-corrected chi connectivity index (χ2v) is 6.75. The molecule has 0 spiro atoms. The molecule has 0 aliphatic heterocycles. The van der Waals surface area contributed by atoms with Crippen LogP contribution in [0.1, 0.15) is 21.1 Å². The molecule has 0 saturated heterocycles. The minimum absolute atomic E-state index is 0.